The Morgan fingerprint density at radius 1 is 1.17 bits per heavy atom. The van der Waals surface area contributed by atoms with Gasteiger partial charge >= 0.3 is 0 Å². The molecule has 156 valence electrons. The number of sulfonamides is 1. The molecular weight excluding hydrogens is 394 g/mol. The number of piperazine rings is 1. The average Bonchev–Trinajstić information content (AvgIpc) is 2.67. The lowest BCUT2D eigenvalue weighted by atomic mass is 10.2. The van der Waals surface area contributed by atoms with Gasteiger partial charge in [-0.1, -0.05) is 12.1 Å². The van der Waals surface area contributed by atoms with E-state index in [1.807, 2.05) is 19.1 Å². The molecule has 1 aromatic carbocycles. The van der Waals surface area contributed by atoms with Crippen molar-refractivity contribution >= 4 is 21.7 Å². The van der Waals surface area contributed by atoms with Gasteiger partial charge in [0, 0.05) is 50.9 Å². The molecule has 0 aliphatic carbocycles. The van der Waals surface area contributed by atoms with Gasteiger partial charge in [-0.15, -0.1) is 0 Å². The molecule has 2 N–H and O–H groups in total. The van der Waals surface area contributed by atoms with Crippen molar-refractivity contribution in [2.75, 3.05) is 43.9 Å². The number of anilines is 1. The zero-order valence-electron chi connectivity index (χ0n) is 16.5. The van der Waals surface area contributed by atoms with Gasteiger partial charge in [-0.05, 0) is 19.1 Å². The largest absolute Gasteiger partial charge is 0.507 e. The van der Waals surface area contributed by atoms with E-state index in [2.05, 4.69) is 19.6 Å². The molecule has 1 aromatic heterocycles. The maximum absolute atomic E-state index is 12.3. The van der Waals surface area contributed by atoms with Crippen LogP contribution in [0.2, 0.25) is 0 Å². The van der Waals surface area contributed by atoms with E-state index in [0.717, 1.165) is 17.8 Å². The summed E-state index contributed by atoms with van der Waals surface area (Å²) in [5, 5.41) is 10.1. The van der Waals surface area contributed by atoms with Crippen LogP contribution in [0, 0.1) is 6.92 Å². The SMILES string of the molecule is Cc1cc(N2CCN(C(=O)CCNS(C)(=O)=O)CC2)nc(-c2ccccc2O)n1. The highest BCUT2D eigenvalue weighted by Gasteiger charge is 2.23. The molecule has 29 heavy (non-hydrogen) atoms. The Morgan fingerprint density at radius 2 is 1.86 bits per heavy atom. The first-order valence-corrected chi connectivity index (χ1v) is 11.2. The van der Waals surface area contributed by atoms with Crippen LogP contribution in [-0.4, -0.2) is 73.3 Å². The number of amides is 1. The second kappa shape index (κ2) is 8.75. The molecule has 0 spiro atoms. The van der Waals surface area contributed by atoms with Crippen molar-refractivity contribution < 1.29 is 18.3 Å². The van der Waals surface area contributed by atoms with Crippen LogP contribution >= 0.6 is 0 Å². The molecule has 1 aliphatic heterocycles. The van der Waals surface area contributed by atoms with Crippen LogP contribution in [0.15, 0.2) is 30.3 Å². The summed E-state index contributed by atoms with van der Waals surface area (Å²) >= 11 is 0. The van der Waals surface area contributed by atoms with Crippen LogP contribution in [-0.2, 0) is 14.8 Å². The number of aryl methyl sites for hydroxylation is 1. The summed E-state index contributed by atoms with van der Waals surface area (Å²) in [5.41, 5.74) is 1.36. The third-order valence-electron chi connectivity index (χ3n) is 4.65. The van der Waals surface area contributed by atoms with E-state index in [0.29, 0.717) is 37.6 Å². The van der Waals surface area contributed by atoms with Gasteiger partial charge in [-0.25, -0.2) is 23.1 Å². The third-order valence-corrected chi connectivity index (χ3v) is 5.37. The fourth-order valence-corrected chi connectivity index (χ4v) is 3.66. The maximum Gasteiger partial charge on any atom is 0.224 e. The summed E-state index contributed by atoms with van der Waals surface area (Å²) in [7, 11) is -3.29. The molecule has 10 heteroatoms. The minimum atomic E-state index is -3.29. The number of phenols is 1. The van der Waals surface area contributed by atoms with Crippen molar-refractivity contribution in [1.29, 1.82) is 0 Å². The predicted molar refractivity (Wildman–Crippen MR) is 110 cm³/mol. The van der Waals surface area contributed by atoms with Crippen molar-refractivity contribution in [2.24, 2.45) is 0 Å². The Morgan fingerprint density at radius 3 is 2.52 bits per heavy atom. The molecule has 1 amide bonds. The molecule has 1 fully saturated rings. The van der Waals surface area contributed by atoms with Gasteiger partial charge in [0.05, 0.1) is 11.8 Å². The topological polar surface area (TPSA) is 116 Å². The Balaban J connectivity index is 1.64. The first kappa shape index (κ1) is 21.0. The van der Waals surface area contributed by atoms with Crippen LogP contribution in [0.1, 0.15) is 12.1 Å². The van der Waals surface area contributed by atoms with Gasteiger partial charge in [0.1, 0.15) is 11.6 Å². The average molecular weight is 420 g/mol. The number of nitrogens with zero attached hydrogens (tertiary/aromatic N) is 4. The molecule has 0 unspecified atom stereocenters. The Bertz CT molecular complexity index is 988. The first-order chi connectivity index (χ1) is 13.7. The lowest BCUT2D eigenvalue weighted by Gasteiger charge is -2.35. The Labute approximate surface area is 170 Å². The summed E-state index contributed by atoms with van der Waals surface area (Å²) in [6, 6.07) is 8.83. The van der Waals surface area contributed by atoms with E-state index in [-0.39, 0.29) is 24.6 Å². The monoisotopic (exact) mass is 419 g/mol. The van der Waals surface area contributed by atoms with E-state index in [1.165, 1.54) is 0 Å². The molecular formula is C19H25N5O4S. The van der Waals surface area contributed by atoms with E-state index >= 15 is 0 Å². The fraction of sp³-hybridized carbons (Fsp3) is 0.421. The summed E-state index contributed by atoms with van der Waals surface area (Å²) in [4.78, 5) is 25.1. The smallest absolute Gasteiger partial charge is 0.224 e. The van der Waals surface area contributed by atoms with Crippen molar-refractivity contribution in [3.63, 3.8) is 0 Å². The van der Waals surface area contributed by atoms with E-state index in [9.17, 15) is 18.3 Å². The second-order valence-corrected chi connectivity index (χ2v) is 8.83. The number of phenolic OH excluding ortho intramolecular Hbond substituents is 1. The van der Waals surface area contributed by atoms with Crippen LogP contribution in [0.25, 0.3) is 11.4 Å². The highest BCUT2D eigenvalue weighted by atomic mass is 32.2. The molecule has 0 bridgehead atoms. The van der Waals surface area contributed by atoms with Gasteiger partial charge in [0.2, 0.25) is 15.9 Å². The van der Waals surface area contributed by atoms with Crippen molar-refractivity contribution in [3.05, 3.63) is 36.0 Å². The zero-order chi connectivity index (χ0) is 21.0. The Hall–Kier alpha value is -2.72. The van der Waals surface area contributed by atoms with Crippen molar-refractivity contribution in [1.82, 2.24) is 19.6 Å². The molecule has 1 aliphatic rings. The van der Waals surface area contributed by atoms with Gasteiger partial charge in [-0.2, -0.15) is 0 Å². The number of carbonyl (C=O) groups is 1. The zero-order valence-corrected chi connectivity index (χ0v) is 17.3. The minimum absolute atomic E-state index is 0.0745. The predicted octanol–water partition coefficient (Wildman–Crippen LogP) is 0.746. The fourth-order valence-electron chi connectivity index (χ4n) is 3.18. The molecule has 2 aromatic rings. The number of rotatable bonds is 6. The van der Waals surface area contributed by atoms with Crippen LogP contribution in [0.3, 0.4) is 0 Å². The van der Waals surface area contributed by atoms with Crippen LogP contribution in [0.4, 0.5) is 5.82 Å². The van der Waals surface area contributed by atoms with Crippen molar-refractivity contribution in [2.45, 2.75) is 13.3 Å². The minimum Gasteiger partial charge on any atom is -0.507 e. The molecule has 1 saturated heterocycles. The molecule has 0 saturated carbocycles. The molecule has 3 rings (SSSR count). The number of nitrogens with one attached hydrogen (secondary N) is 1. The molecule has 0 atom stereocenters. The molecule has 0 radical (unpaired) electrons. The molecule has 2 heterocycles. The number of aromatic hydroxyl groups is 1. The number of carbonyl (C=O) groups excluding carboxylic acids is 1. The first-order valence-electron chi connectivity index (χ1n) is 9.34. The van der Waals surface area contributed by atoms with Gasteiger partial charge < -0.3 is 14.9 Å². The second-order valence-electron chi connectivity index (χ2n) is 6.99. The lowest BCUT2D eigenvalue weighted by Crippen LogP contribution is -2.49. The van der Waals surface area contributed by atoms with E-state index in [4.69, 9.17) is 0 Å². The number of para-hydroxylation sites is 1. The summed E-state index contributed by atoms with van der Waals surface area (Å²) < 4.78 is 24.5. The van der Waals surface area contributed by atoms with E-state index in [1.54, 1.807) is 23.1 Å². The quantitative estimate of drug-likeness (QED) is 0.710. The highest BCUT2D eigenvalue weighted by Crippen LogP contribution is 2.27. The summed E-state index contributed by atoms with van der Waals surface area (Å²) in [5.74, 6) is 1.27. The number of aromatic nitrogens is 2. The van der Waals surface area contributed by atoms with Gasteiger partial charge in [0.25, 0.3) is 0 Å². The normalized spacial score (nSPS) is 14.8. The maximum atomic E-state index is 12.3. The van der Waals surface area contributed by atoms with Crippen LogP contribution in [0.5, 0.6) is 5.75 Å². The Kier molecular flexibility index (Phi) is 6.33. The summed E-state index contributed by atoms with van der Waals surface area (Å²) in [6.45, 7) is 4.28. The standard InChI is InChI=1S/C19H25N5O4S/c1-14-13-17(22-19(21-14)15-5-3-4-6-16(15)25)23-9-11-24(12-10-23)18(26)7-8-20-29(2,27)28/h3-6,13,20,25H,7-12H2,1-2H3. The van der Waals surface area contributed by atoms with E-state index < -0.39 is 10.0 Å². The lowest BCUT2D eigenvalue weighted by molar-refractivity contribution is -0.131. The number of benzene rings is 1. The van der Waals surface area contributed by atoms with Gasteiger partial charge in [-0.3, -0.25) is 4.79 Å². The van der Waals surface area contributed by atoms with Gasteiger partial charge in [0.15, 0.2) is 5.82 Å². The van der Waals surface area contributed by atoms with Crippen LogP contribution < -0.4 is 9.62 Å². The highest BCUT2D eigenvalue weighted by molar-refractivity contribution is 7.88. The third kappa shape index (κ3) is 5.64. The molecule has 9 nitrogen and oxygen atoms in total. The number of hydrogen-bond donors (Lipinski definition) is 2. The number of hydrogen-bond acceptors (Lipinski definition) is 7. The summed E-state index contributed by atoms with van der Waals surface area (Å²) in [6.07, 6.45) is 1.21. The van der Waals surface area contributed by atoms with Crippen molar-refractivity contribution in [3.8, 4) is 17.1 Å².